The highest BCUT2D eigenvalue weighted by Crippen LogP contribution is 2.06. The van der Waals surface area contributed by atoms with Crippen LogP contribution in [-0.2, 0) is 4.74 Å². The van der Waals surface area contributed by atoms with Crippen molar-refractivity contribution in [1.82, 2.24) is 0 Å². The van der Waals surface area contributed by atoms with E-state index in [0.717, 1.165) is 12.8 Å². The minimum absolute atomic E-state index is 0.553. The molecule has 0 unspecified atom stereocenters. The van der Waals surface area contributed by atoms with E-state index in [4.69, 9.17) is 4.74 Å². The lowest BCUT2D eigenvalue weighted by molar-refractivity contribution is 0.192. The van der Waals surface area contributed by atoms with E-state index in [2.05, 4.69) is 39.8 Å². The van der Waals surface area contributed by atoms with Crippen LogP contribution in [0.2, 0.25) is 0 Å². The third kappa shape index (κ3) is 9.35. The fourth-order valence-electron chi connectivity index (χ4n) is 0.975. The molecule has 0 aromatic rings. The van der Waals surface area contributed by atoms with Gasteiger partial charge in [0.1, 0.15) is 0 Å². The number of rotatable bonds is 6. The van der Waals surface area contributed by atoms with Crippen molar-refractivity contribution in [3.8, 4) is 0 Å². The second kappa shape index (κ2) is 8.06. The van der Waals surface area contributed by atoms with Crippen molar-refractivity contribution < 1.29 is 4.74 Å². The van der Waals surface area contributed by atoms with Gasteiger partial charge in [-0.1, -0.05) is 23.3 Å². The maximum absolute atomic E-state index is 5.13. The van der Waals surface area contributed by atoms with Gasteiger partial charge in [-0.25, -0.2) is 0 Å². The van der Waals surface area contributed by atoms with Gasteiger partial charge in [0.25, 0.3) is 0 Å². The van der Waals surface area contributed by atoms with Crippen LogP contribution in [0.15, 0.2) is 23.3 Å². The van der Waals surface area contributed by atoms with E-state index < -0.39 is 0 Å². The van der Waals surface area contributed by atoms with E-state index >= 15 is 0 Å². The molecule has 0 N–H and O–H groups in total. The third-order valence-corrected chi connectivity index (χ3v) is 1.79. The Morgan fingerprint density at radius 3 is 2.46 bits per heavy atom. The summed E-state index contributed by atoms with van der Waals surface area (Å²) < 4.78 is 5.13. The predicted molar refractivity (Wildman–Crippen MR) is 58.6 cm³/mol. The summed E-state index contributed by atoms with van der Waals surface area (Å²) in [6, 6.07) is 0. The number of hydrogen-bond acceptors (Lipinski definition) is 1. The van der Waals surface area contributed by atoms with Crippen LogP contribution in [0.4, 0.5) is 0 Å². The molecule has 0 spiro atoms. The average molecular weight is 181 g/mol. The first-order chi connectivity index (χ1) is 6.16. The monoisotopic (exact) mass is 181 g/mol. The highest BCUT2D eigenvalue weighted by molar-refractivity contribution is 5.02. The Morgan fingerprint density at radius 1 is 1.23 bits per heavy atom. The first-order valence-electron chi connectivity index (χ1n) is 4.82. The van der Waals surface area contributed by atoms with Crippen molar-refractivity contribution in [3.05, 3.63) is 30.2 Å². The van der Waals surface area contributed by atoms with Crippen LogP contribution >= 0.6 is 0 Å². The van der Waals surface area contributed by atoms with Gasteiger partial charge in [0.05, 0.1) is 6.61 Å². The van der Waals surface area contributed by atoms with E-state index in [1.807, 2.05) is 0 Å². The fourth-order valence-corrected chi connectivity index (χ4v) is 0.975. The van der Waals surface area contributed by atoms with Crippen LogP contribution in [0.5, 0.6) is 0 Å². The highest BCUT2D eigenvalue weighted by Gasteiger charge is 1.88. The van der Waals surface area contributed by atoms with Crippen molar-refractivity contribution in [1.29, 1.82) is 0 Å². The van der Waals surface area contributed by atoms with Crippen molar-refractivity contribution in [2.75, 3.05) is 13.2 Å². The van der Waals surface area contributed by atoms with Gasteiger partial charge in [-0.2, -0.15) is 0 Å². The molecule has 0 heterocycles. The summed E-state index contributed by atoms with van der Waals surface area (Å²) in [6.45, 7) is 11.3. The molecule has 0 saturated heterocycles. The third-order valence-electron chi connectivity index (χ3n) is 1.79. The average Bonchev–Trinajstić information content (AvgIpc) is 2.04. The zero-order valence-corrected chi connectivity index (χ0v) is 9.10. The molecule has 0 aromatic carbocycles. The quantitative estimate of drug-likeness (QED) is 0.450. The molecule has 0 fully saturated rings. The molecule has 0 bridgehead atoms. The van der Waals surface area contributed by atoms with Gasteiger partial charge in [-0.15, -0.1) is 0 Å². The normalized spacial score (nSPS) is 11.5. The number of hydrogen-bond donors (Lipinski definition) is 0. The van der Waals surface area contributed by atoms with Crippen LogP contribution in [-0.4, -0.2) is 13.2 Å². The smallest absolute Gasteiger partial charge is 0.0649 e. The summed E-state index contributed by atoms with van der Waals surface area (Å²) >= 11 is 0. The lowest BCUT2D eigenvalue weighted by Gasteiger charge is -1.99. The fraction of sp³-hybridized carbons (Fsp3) is 0.583. The van der Waals surface area contributed by atoms with Crippen molar-refractivity contribution >= 4 is 0 Å². The lowest BCUT2D eigenvalue weighted by atomic mass is 10.1. The maximum atomic E-state index is 5.13. The molecule has 75 valence electrons. The van der Waals surface area contributed by atoms with Crippen LogP contribution in [0.1, 0.15) is 33.6 Å². The molecular formula is C12H21O. The molecule has 0 saturated carbocycles. The molecule has 1 radical (unpaired) electrons. The maximum Gasteiger partial charge on any atom is 0.0649 e. The van der Waals surface area contributed by atoms with Crippen molar-refractivity contribution in [3.63, 3.8) is 0 Å². The van der Waals surface area contributed by atoms with E-state index in [1.165, 1.54) is 11.1 Å². The molecule has 1 heteroatoms. The number of ether oxygens (including phenoxy) is 1. The molecule has 0 aromatic heterocycles. The second-order valence-electron chi connectivity index (χ2n) is 3.45. The molecule has 0 amide bonds. The Labute approximate surface area is 82.5 Å². The first kappa shape index (κ1) is 12.4. The second-order valence-corrected chi connectivity index (χ2v) is 3.45. The van der Waals surface area contributed by atoms with Gasteiger partial charge in [0.2, 0.25) is 0 Å². The van der Waals surface area contributed by atoms with Gasteiger partial charge >= 0.3 is 0 Å². The summed E-state index contributed by atoms with van der Waals surface area (Å²) in [5.74, 6) is 0. The summed E-state index contributed by atoms with van der Waals surface area (Å²) in [4.78, 5) is 0. The molecule has 0 atom stereocenters. The van der Waals surface area contributed by atoms with Gasteiger partial charge < -0.3 is 4.74 Å². The topological polar surface area (TPSA) is 9.23 Å². The zero-order valence-electron chi connectivity index (χ0n) is 9.10. The Morgan fingerprint density at radius 2 is 1.92 bits per heavy atom. The van der Waals surface area contributed by atoms with E-state index in [1.54, 1.807) is 0 Å². The van der Waals surface area contributed by atoms with Gasteiger partial charge in [0.15, 0.2) is 0 Å². The van der Waals surface area contributed by atoms with Crippen LogP contribution < -0.4 is 0 Å². The molecule has 0 rings (SSSR count). The molecule has 13 heavy (non-hydrogen) atoms. The zero-order chi connectivity index (χ0) is 10.1. The first-order valence-corrected chi connectivity index (χ1v) is 4.82. The Bertz CT molecular complexity index is 174. The molecule has 0 aliphatic heterocycles. The van der Waals surface area contributed by atoms with E-state index in [-0.39, 0.29) is 0 Å². The SMILES string of the molecule is [CH2]COC/C=C(\C)CCC=C(C)C. The lowest BCUT2D eigenvalue weighted by Crippen LogP contribution is -1.90. The molecule has 0 aliphatic carbocycles. The number of allylic oxidation sites excluding steroid dienone is 3. The molecular weight excluding hydrogens is 160 g/mol. The van der Waals surface area contributed by atoms with Crippen LogP contribution in [0, 0.1) is 6.92 Å². The Hall–Kier alpha value is -0.560. The Kier molecular flexibility index (Phi) is 7.71. The van der Waals surface area contributed by atoms with Crippen molar-refractivity contribution in [2.45, 2.75) is 33.6 Å². The minimum Gasteiger partial charge on any atom is -0.377 e. The highest BCUT2D eigenvalue weighted by atomic mass is 16.5. The molecule has 1 nitrogen and oxygen atoms in total. The Balaban J connectivity index is 3.55. The van der Waals surface area contributed by atoms with Crippen molar-refractivity contribution in [2.24, 2.45) is 0 Å². The summed E-state index contributed by atoms with van der Waals surface area (Å²) in [5.41, 5.74) is 2.78. The van der Waals surface area contributed by atoms with Crippen LogP contribution in [0.3, 0.4) is 0 Å². The predicted octanol–water partition coefficient (Wildman–Crippen LogP) is 3.53. The van der Waals surface area contributed by atoms with Crippen LogP contribution in [0.25, 0.3) is 0 Å². The summed E-state index contributed by atoms with van der Waals surface area (Å²) in [6.07, 6.45) is 6.66. The van der Waals surface area contributed by atoms with E-state index in [9.17, 15) is 0 Å². The largest absolute Gasteiger partial charge is 0.377 e. The van der Waals surface area contributed by atoms with Gasteiger partial charge in [-0.3, -0.25) is 0 Å². The summed E-state index contributed by atoms with van der Waals surface area (Å²) in [5, 5.41) is 0. The minimum atomic E-state index is 0.553. The molecule has 0 aliphatic rings. The van der Waals surface area contributed by atoms with E-state index in [0.29, 0.717) is 13.2 Å². The van der Waals surface area contributed by atoms with Gasteiger partial charge in [-0.05, 0) is 40.5 Å². The standard InChI is InChI=1S/C12H21O/c1-5-13-10-9-12(4)8-6-7-11(2)3/h7,9H,1,5-6,8,10H2,2-4H3/b12-9+. The van der Waals surface area contributed by atoms with Gasteiger partial charge in [0, 0.05) is 6.61 Å². The summed E-state index contributed by atoms with van der Waals surface area (Å²) in [7, 11) is 0.